The molecule has 0 aromatic heterocycles. The molecule has 17 nitrogen and oxygen atoms in total. The third kappa shape index (κ3) is 16.4. The minimum atomic E-state index is -5.08. The number of hydrogen-bond donors (Lipinski definition) is 3. The summed E-state index contributed by atoms with van der Waals surface area (Å²) in [7, 11) is 0. The number of alkyl halides is 3. The lowest BCUT2D eigenvalue weighted by Gasteiger charge is -2.72. The molecule has 20 rings (SSSR count). The summed E-state index contributed by atoms with van der Waals surface area (Å²) in [6.45, 7) is 101. The molecule has 0 amide bonds. The lowest BCUT2D eigenvalue weighted by atomic mass is 9.31. The van der Waals surface area contributed by atoms with E-state index in [1.54, 1.807) is 0 Å². The first-order valence-corrected chi connectivity index (χ1v) is 58.3. The van der Waals surface area contributed by atoms with Crippen LogP contribution < -0.4 is 11.5 Å². The SMILES string of the molecule is O=C(O)C(F)(F)F.[C-]#[N+]C1=C[C@@]2(C)C(CC[C@]3(C)[C@@H]2CC(=O)[C@@H]2[C@@H]4CC(C)(C)CC[C@]4(C=C)CC[C@]23C)C(C)(C)C1=O.[C-]#[N+]C1=C[C@@]2(C)C(CC[C@]3(C)[C@@H]2CC(=O)[C@@H]2[C@@H]4CC(C)(C)CC[C@]4(CN)CC[C@]23C)C(C)(C)C1=O.[C-]#[N+]C1=C[C@@]2(C)C(CC[C@]3(C)[C@@H]2CC(=O)[C@@H]2[C@@H]4CC(C)(C)CC[C@]4(CN)CC[C@]23C)C(C)(C)C1=O.[C-]#[N+]C1=C[C@]2(C)[C@H]3CC(=O)[C@@H]4[C@@H]5CC(C)(C)CC[C@]5(CCCC#N)CC[C@@]4(C)[C@]3(C)CC[C@H]2C(C)(C)C1=O. The highest BCUT2D eigenvalue weighted by molar-refractivity contribution is 6.05. The van der Waals surface area contributed by atoms with E-state index >= 15 is 0 Å². The van der Waals surface area contributed by atoms with Crippen molar-refractivity contribution in [3.63, 3.8) is 0 Å². The number of nitriles is 1. The Morgan fingerprint density at radius 3 is 0.827 bits per heavy atom. The quantitative estimate of drug-likeness (QED) is 0.127. The topological polar surface area (TPSA) is 267 Å². The minimum absolute atomic E-state index is 0.000714. The van der Waals surface area contributed by atoms with Gasteiger partial charge in [-0.25, -0.2) is 24.2 Å². The Bertz CT molecular complexity index is 5790. The maximum atomic E-state index is 14.6. The number of aliphatic carboxylic acids is 1. The second-order valence-corrected chi connectivity index (χ2v) is 62.4. The molecule has 0 bridgehead atoms. The van der Waals surface area contributed by atoms with Crippen molar-refractivity contribution in [3.8, 4) is 6.07 Å². The van der Waals surface area contributed by atoms with Gasteiger partial charge in [-0.15, -0.1) is 6.58 Å². The van der Waals surface area contributed by atoms with Gasteiger partial charge in [-0.05, 0) is 385 Å². The van der Waals surface area contributed by atoms with E-state index < -0.39 is 33.8 Å². The third-order valence-corrected chi connectivity index (χ3v) is 52.8. The van der Waals surface area contributed by atoms with Gasteiger partial charge in [0.15, 0.2) is 23.1 Å². The summed E-state index contributed by atoms with van der Waals surface area (Å²) >= 11 is 0. The average molecular weight is 2060 g/mol. The second-order valence-electron chi connectivity index (χ2n) is 62.4. The molecular weight excluding hydrogens is 1880 g/mol. The second kappa shape index (κ2) is 36.6. The molecule has 32 atom stereocenters. The van der Waals surface area contributed by atoms with Gasteiger partial charge in [0.05, 0.1) is 32.4 Å². The van der Waals surface area contributed by atoms with Gasteiger partial charge in [0.25, 0.3) is 0 Å². The van der Waals surface area contributed by atoms with Gasteiger partial charge in [0.1, 0.15) is 23.1 Å². The molecule has 16 fully saturated rings. The number of Topliss-reactive ketones (excluding diaryl/α,β-unsaturated/α-hetero) is 8. The van der Waals surface area contributed by atoms with Gasteiger partial charge in [0, 0.05) is 77.4 Å². The lowest BCUT2D eigenvalue weighted by Crippen LogP contribution is -2.69. The number of halogens is 3. The molecule has 822 valence electrons. The molecule has 0 saturated heterocycles. The molecule has 0 heterocycles. The van der Waals surface area contributed by atoms with Gasteiger partial charge in [0.2, 0.25) is 22.8 Å². The molecule has 0 spiro atoms. The summed E-state index contributed by atoms with van der Waals surface area (Å²) < 4.78 is 31.7. The van der Waals surface area contributed by atoms with Crippen LogP contribution in [-0.2, 0) is 43.2 Å². The van der Waals surface area contributed by atoms with Crippen molar-refractivity contribution < 1.29 is 61.4 Å². The summed E-state index contributed by atoms with van der Waals surface area (Å²) in [5.41, 5.74) is 11.8. The van der Waals surface area contributed by atoms with E-state index in [4.69, 9.17) is 47.7 Å². The van der Waals surface area contributed by atoms with Crippen LogP contribution in [0, 0.1) is 262 Å². The molecule has 16 saturated carbocycles. The number of rotatable bonds is 6. The normalized spacial score (nSPS) is 47.4. The van der Waals surface area contributed by atoms with Crippen molar-refractivity contribution >= 4 is 52.2 Å². The van der Waals surface area contributed by atoms with Crippen LogP contribution in [0.25, 0.3) is 19.4 Å². The van der Waals surface area contributed by atoms with E-state index in [1.165, 1.54) is 32.1 Å². The van der Waals surface area contributed by atoms with Gasteiger partial charge < -0.3 is 35.8 Å². The number of carbonyl (C=O) groups excluding carboxylic acids is 8. The summed E-state index contributed by atoms with van der Waals surface area (Å²) in [6.07, 6.45) is 40.9. The number of carboxylic acid groups (broad SMARTS) is 1. The zero-order valence-electron chi connectivity index (χ0n) is 97.1. The molecule has 20 aliphatic rings. The smallest absolute Gasteiger partial charge is 0.475 e. The van der Waals surface area contributed by atoms with E-state index in [2.05, 4.69) is 177 Å². The van der Waals surface area contributed by atoms with E-state index in [0.717, 1.165) is 161 Å². The highest BCUT2D eigenvalue weighted by Gasteiger charge is 2.79. The van der Waals surface area contributed by atoms with E-state index in [1.807, 2.05) is 79.7 Å². The number of hydrogen-bond acceptors (Lipinski definition) is 12. The maximum absolute atomic E-state index is 14.6. The lowest BCUT2D eigenvalue weighted by molar-refractivity contribution is -0.223. The summed E-state index contributed by atoms with van der Waals surface area (Å²) in [5.74, 6) is 2.02. The molecule has 150 heavy (non-hydrogen) atoms. The molecule has 0 aromatic rings. The van der Waals surface area contributed by atoms with Crippen molar-refractivity contribution in [1.82, 2.24) is 0 Å². The zero-order valence-corrected chi connectivity index (χ0v) is 97.1. The Morgan fingerprint density at radius 2 is 0.580 bits per heavy atom. The molecule has 3 unspecified atom stereocenters. The number of allylic oxidation sites excluding steroid dienone is 9. The van der Waals surface area contributed by atoms with Crippen LogP contribution >= 0.6 is 0 Å². The number of fused-ring (bicyclic) bond motifs is 28. The number of carbonyl (C=O) groups is 9. The summed E-state index contributed by atoms with van der Waals surface area (Å²) in [6, 6.07) is 2.36. The van der Waals surface area contributed by atoms with Crippen LogP contribution in [0.1, 0.15) is 419 Å². The fourth-order valence-corrected chi connectivity index (χ4v) is 43.5. The van der Waals surface area contributed by atoms with Crippen molar-refractivity contribution in [2.75, 3.05) is 13.1 Å². The Kier molecular flexibility index (Phi) is 28.1. The standard InChI is InChI=1S/C34H48N2O2.C32H45NO2.2C31H46N2O2.C2HF3O2/c1-29(2)14-16-34(12-9-10-18-35)17-15-33(7)27(22(34)20-29)24(37)19-26-31(5)21-23(36-8)28(38)30(3,4)25(31)11-13-32(26,33)6;1-10-32-15-13-27(2,3)18-20(32)25-22(34)17-24-29(6)19-21(33-9)26(35)28(4,5)23(29)11-12-30(24,7)31(25,8)14-16-32;2*1-26(2)11-13-31(18-32)14-12-30(7)24(19(31)16-26)21(34)15-23-28(5)17-20(33-8)25(35)27(3,4)22(28)9-10-29(23,30)6;3-2(4,5)1(6)7/h21-22,25-27H,9-17,19-20H2,1-7H3;10,19-20,23-25H,1,11-18H2,2-8H3;2*17,19,22-24H,9-16,18,32H2,1-7H3;(H,6,7)/t22-,25-,26+,27-,31-,32+,33+,34+;20-,23?,24+,25-,29-,30+,31+,32+;2*19-,22?,23+,24-,28-,29+,30+,31+;/m0000./s1. The van der Waals surface area contributed by atoms with Crippen LogP contribution in [0.4, 0.5) is 13.2 Å². The van der Waals surface area contributed by atoms with E-state index in [0.29, 0.717) is 97.7 Å². The first kappa shape index (κ1) is 115. The third-order valence-electron chi connectivity index (χ3n) is 52.8. The highest BCUT2D eigenvalue weighted by Crippen LogP contribution is 2.83. The van der Waals surface area contributed by atoms with E-state index in [9.17, 15) is 56.8 Å². The summed E-state index contributed by atoms with van der Waals surface area (Å²) in [4.78, 5) is 134. The van der Waals surface area contributed by atoms with Crippen molar-refractivity contribution in [3.05, 3.63) is 105 Å². The van der Waals surface area contributed by atoms with Crippen LogP contribution in [-0.4, -0.2) is 76.6 Å². The first-order valence-electron chi connectivity index (χ1n) is 58.3. The summed E-state index contributed by atoms with van der Waals surface area (Å²) in [5, 5.41) is 16.4. The largest absolute Gasteiger partial charge is 0.490 e. The van der Waals surface area contributed by atoms with Gasteiger partial charge in [-0.1, -0.05) is 224 Å². The van der Waals surface area contributed by atoms with Crippen LogP contribution in [0.2, 0.25) is 0 Å². The van der Waals surface area contributed by atoms with E-state index in [-0.39, 0.29) is 220 Å². The molecule has 20 aliphatic carbocycles. The first-order chi connectivity index (χ1) is 68.9. The minimum Gasteiger partial charge on any atom is -0.475 e. The highest BCUT2D eigenvalue weighted by atomic mass is 19.4. The molecular formula is C130H186F3N7O10. The Labute approximate surface area is 899 Å². The number of nitrogens with zero attached hydrogens (tertiary/aromatic N) is 5. The Morgan fingerprint density at radius 1 is 0.360 bits per heavy atom. The van der Waals surface area contributed by atoms with Gasteiger partial charge in [-0.2, -0.15) is 18.4 Å². The fourth-order valence-electron chi connectivity index (χ4n) is 43.5. The molecule has 20 heteroatoms. The molecule has 0 aliphatic heterocycles. The van der Waals surface area contributed by atoms with Crippen LogP contribution in [0.15, 0.2) is 59.7 Å². The predicted molar refractivity (Wildman–Crippen MR) is 581 cm³/mol. The van der Waals surface area contributed by atoms with Gasteiger partial charge in [-0.3, -0.25) is 19.2 Å². The van der Waals surface area contributed by atoms with Crippen molar-refractivity contribution in [1.29, 1.82) is 5.26 Å². The number of ketones is 8. The molecule has 0 radical (unpaired) electrons. The predicted octanol–water partition coefficient (Wildman–Crippen LogP) is 30.0. The van der Waals surface area contributed by atoms with Crippen LogP contribution in [0.3, 0.4) is 0 Å². The zero-order chi connectivity index (χ0) is 111. The van der Waals surface area contributed by atoms with Crippen LogP contribution in [0.5, 0.6) is 0 Å². The Balaban J connectivity index is 0.000000139. The number of unbranched alkanes of at least 4 members (excludes halogenated alkanes) is 1. The molecule has 0 aromatic carbocycles. The average Bonchev–Trinajstić information content (AvgIpc) is 0.679. The van der Waals surface area contributed by atoms with Crippen molar-refractivity contribution in [2.24, 2.45) is 236 Å². The number of nitrogens with two attached hydrogens (primary N) is 2. The fraction of sp³-hybridized carbons (Fsp3) is 0.815. The maximum Gasteiger partial charge on any atom is 0.490 e. The monoisotopic (exact) mass is 2060 g/mol. The van der Waals surface area contributed by atoms with Crippen molar-refractivity contribution in [2.45, 2.75) is 425 Å². The number of carboxylic acids is 1. The molecule has 5 N–H and O–H groups in total. The van der Waals surface area contributed by atoms with Gasteiger partial charge >= 0.3 is 12.1 Å². The Hall–Kier alpha value is -7.31.